The van der Waals surface area contributed by atoms with Gasteiger partial charge < -0.3 is 15.0 Å². The minimum Gasteiger partial charge on any atom is -0.489 e. The Labute approximate surface area is 157 Å². The molecule has 1 fully saturated rings. The SMILES string of the molecule is CC(C)Oc1ccccc1N1CC(C(=O)Nc2ccc(Cl)cc2)CC1=O. The second-order valence-corrected chi connectivity index (χ2v) is 6.97. The van der Waals surface area contributed by atoms with E-state index < -0.39 is 5.92 Å². The summed E-state index contributed by atoms with van der Waals surface area (Å²) in [7, 11) is 0. The molecule has 136 valence electrons. The molecule has 0 saturated carbocycles. The maximum Gasteiger partial charge on any atom is 0.229 e. The molecule has 2 aromatic rings. The van der Waals surface area contributed by atoms with Crippen molar-refractivity contribution in [3.05, 3.63) is 53.6 Å². The zero-order chi connectivity index (χ0) is 18.7. The fourth-order valence-corrected chi connectivity index (χ4v) is 3.05. The molecule has 1 aliphatic rings. The minimum atomic E-state index is -0.412. The molecule has 0 radical (unpaired) electrons. The van der Waals surface area contributed by atoms with Gasteiger partial charge in [-0.15, -0.1) is 0 Å². The van der Waals surface area contributed by atoms with Gasteiger partial charge >= 0.3 is 0 Å². The third-order valence-electron chi connectivity index (χ3n) is 4.13. The predicted octanol–water partition coefficient (Wildman–Crippen LogP) is 4.12. The van der Waals surface area contributed by atoms with E-state index in [0.29, 0.717) is 28.7 Å². The van der Waals surface area contributed by atoms with Gasteiger partial charge in [-0.25, -0.2) is 0 Å². The zero-order valence-electron chi connectivity index (χ0n) is 14.7. The monoisotopic (exact) mass is 372 g/mol. The molecule has 0 bridgehead atoms. The summed E-state index contributed by atoms with van der Waals surface area (Å²) in [5, 5.41) is 3.45. The van der Waals surface area contributed by atoms with Gasteiger partial charge in [0.1, 0.15) is 5.75 Å². The first kappa shape index (κ1) is 18.3. The molecule has 1 saturated heterocycles. The lowest BCUT2D eigenvalue weighted by Crippen LogP contribution is -2.28. The van der Waals surface area contributed by atoms with E-state index in [1.54, 1.807) is 29.2 Å². The molecule has 1 N–H and O–H groups in total. The first-order valence-electron chi connectivity index (χ1n) is 8.56. The number of hydrogen-bond donors (Lipinski definition) is 1. The Bertz CT molecular complexity index is 805. The Morgan fingerprint density at radius 3 is 2.58 bits per heavy atom. The average Bonchev–Trinajstić information content (AvgIpc) is 2.99. The van der Waals surface area contributed by atoms with Gasteiger partial charge in [0.2, 0.25) is 11.8 Å². The highest BCUT2D eigenvalue weighted by atomic mass is 35.5. The molecule has 6 heteroatoms. The van der Waals surface area contributed by atoms with Gasteiger partial charge in [0.15, 0.2) is 0 Å². The molecule has 0 aromatic heterocycles. The van der Waals surface area contributed by atoms with Crippen LogP contribution >= 0.6 is 11.6 Å². The number of carbonyl (C=O) groups is 2. The van der Waals surface area contributed by atoms with Gasteiger partial charge in [-0.3, -0.25) is 9.59 Å². The van der Waals surface area contributed by atoms with Gasteiger partial charge in [0, 0.05) is 23.7 Å². The van der Waals surface area contributed by atoms with Crippen LogP contribution in [0.25, 0.3) is 0 Å². The van der Waals surface area contributed by atoms with Gasteiger partial charge in [0.05, 0.1) is 17.7 Å². The highest BCUT2D eigenvalue weighted by Crippen LogP contribution is 2.34. The number of benzene rings is 2. The molecule has 0 spiro atoms. The number of rotatable bonds is 5. The van der Waals surface area contributed by atoms with Gasteiger partial charge in [-0.05, 0) is 50.2 Å². The van der Waals surface area contributed by atoms with E-state index in [0.717, 1.165) is 0 Å². The van der Waals surface area contributed by atoms with Crippen LogP contribution in [0.15, 0.2) is 48.5 Å². The van der Waals surface area contributed by atoms with Crippen LogP contribution in [0.3, 0.4) is 0 Å². The van der Waals surface area contributed by atoms with Crippen LogP contribution in [0.2, 0.25) is 5.02 Å². The van der Waals surface area contributed by atoms with Crippen LogP contribution in [0.1, 0.15) is 20.3 Å². The summed E-state index contributed by atoms with van der Waals surface area (Å²) in [6, 6.07) is 14.3. The van der Waals surface area contributed by atoms with Crippen LogP contribution < -0.4 is 15.0 Å². The van der Waals surface area contributed by atoms with E-state index in [2.05, 4.69) is 5.32 Å². The lowest BCUT2D eigenvalue weighted by Gasteiger charge is -2.21. The summed E-state index contributed by atoms with van der Waals surface area (Å²) in [5.74, 6) is -0.0219. The first-order chi connectivity index (χ1) is 12.4. The van der Waals surface area contributed by atoms with Crippen molar-refractivity contribution in [2.45, 2.75) is 26.4 Å². The summed E-state index contributed by atoms with van der Waals surface area (Å²) in [6.07, 6.45) is 0.174. The number of halogens is 1. The molecule has 1 unspecified atom stereocenters. The first-order valence-corrected chi connectivity index (χ1v) is 8.94. The lowest BCUT2D eigenvalue weighted by molar-refractivity contribution is -0.122. The van der Waals surface area contributed by atoms with Crippen molar-refractivity contribution in [3.8, 4) is 5.75 Å². The van der Waals surface area contributed by atoms with E-state index >= 15 is 0 Å². The van der Waals surface area contributed by atoms with Crippen molar-refractivity contribution >= 4 is 34.8 Å². The van der Waals surface area contributed by atoms with E-state index in [1.165, 1.54) is 0 Å². The molecule has 2 amide bonds. The third-order valence-corrected chi connectivity index (χ3v) is 4.38. The Balaban J connectivity index is 1.72. The summed E-state index contributed by atoms with van der Waals surface area (Å²) < 4.78 is 5.80. The summed E-state index contributed by atoms with van der Waals surface area (Å²) >= 11 is 5.86. The van der Waals surface area contributed by atoms with Crippen molar-refractivity contribution in [3.63, 3.8) is 0 Å². The molecule has 1 aliphatic heterocycles. The summed E-state index contributed by atoms with van der Waals surface area (Å²) in [4.78, 5) is 26.7. The number of ether oxygens (including phenoxy) is 1. The maximum atomic E-state index is 12.5. The number of amides is 2. The zero-order valence-corrected chi connectivity index (χ0v) is 15.5. The largest absolute Gasteiger partial charge is 0.489 e. The number of hydrogen-bond acceptors (Lipinski definition) is 3. The van der Waals surface area contributed by atoms with Gasteiger partial charge in [-0.1, -0.05) is 23.7 Å². The van der Waals surface area contributed by atoms with E-state index in [9.17, 15) is 9.59 Å². The number of anilines is 2. The summed E-state index contributed by atoms with van der Waals surface area (Å²) in [6.45, 7) is 4.20. The van der Waals surface area contributed by atoms with Crippen molar-refractivity contribution in [1.29, 1.82) is 0 Å². The van der Waals surface area contributed by atoms with Crippen molar-refractivity contribution < 1.29 is 14.3 Å². The van der Waals surface area contributed by atoms with Crippen LogP contribution in [0.4, 0.5) is 11.4 Å². The average molecular weight is 373 g/mol. The standard InChI is InChI=1S/C20H21ClN2O3/c1-13(2)26-18-6-4-3-5-17(18)23-12-14(11-19(23)24)20(25)22-16-9-7-15(21)8-10-16/h3-10,13-14H,11-12H2,1-2H3,(H,22,25). The normalized spacial score (nSPS) is 16.8. The highest BCUT2D eigenvalue weighted by Gasteiger charge is 2.36. The summed E-state index contributed by atoms with van der Waals surface area (Å²) in [5.41, 5.74) is 1.36. The van der Waals surface area contributed by atoms with Gasteiger partial charge in [0.25, 0.3) is 0 Å². The number of nitrogens with zero attached hydrogens (tertiary/aromatic N) is 1. The molecule has 5 nitrogen and oxygen atoms in total. The number of para-hydroxylation sites is 2. The van der Waals surface area contributed by atoms with E-state index in [1.807, 2.05) is 38.1 Å². The maximum absolute atomic E-state index is 12.5. The van der Waals surface area contributed by atoms with Crippen LogP contribution in [0.5, 0.6) is 5.75 Å². The lowest BCUT2D eigenvalue weighted by atomic mass is 10.1. The minimum absolute atomic E-state index is 0.00199. The Morgan fingerprint density at radius 2 is 1.88 bits per heavy atom. The smallest absolute Gasteiger partial charge is 0.229 e. The fraction of sp³-hybridized carbons (Fsp3) is 0.300. The Hall–Kier alpha value is -2.53. The van der Waals surface area contributed by atoms with Crippen LogP contribution in [-0.2, 0) is 9.59 Å². The molecule has 2 aromatic carbocycles. The second kappa shape index (κ2) is 7.79. The van der Waals surface area contributed by atoms with E-state index in [4.69, 9.17) is 16.3 Å². The molecule has 0 aliphatic carbocycles. The fourth-order valence-electron chi connectivity index (χ4n) is 2.93. The molecular weight excluding hydrogens is 352 g/mol. The topological polar surface area (TPSA) is 58.6 Å². The second-order valence-electron chi connectivity index (χ2n) is 6.54. The molecule has 26 heavy (non-hydrogen) atoms. The van der Waals surface area contributed by atoms with E-state index in [-0.39, 0.29) is 24.3 Å². The Morgan fingerprint density at radius 1 is 1.19 bits per heavy atom. The number of nitrogens with one attached hydrogen (secondary N) is 1. The van der Waals surface area contributed by atoms with Crippen molar-refractivity contribution in [2.75, 3.05) is 16.8 Å². The predicted molar refractivity (Wildman–Crippen MR) is 103 cm³/mol. The van der Waals surface area contributed by atoms with Crippen molar-refractivity contribution in [2.24, 2.45) is 5.92 Å². The molecule has 3 rings (SSSR count). The van der Waals surface area contributed by atoms with Crippen LogP contribution in [-0.4, -0.2) is 24.5 Å². The highest BCUT2D eigenvalue weighted by molar-refractivity contribution is 6.30. The van der Waals surface area contributed by atoms with Crippen molar-refractivity contribution in [1.82, 2.24) is 0 Å². The third kappa shape index (κ3) is 4.17. The molecular formula is C20H21ClN2O3. The Kier molecular flexibility index (Phi) is 5.47. The molecule has 1 heterocycles. The van der Waals surface area contributed by atoms with Gasteiger partial charge in [-0.2, -0.15) is 0 Å². The quantitative estimate of drug-likeness (QED) is 0.858. The molecule has 1 atom stereocenters. The van der Waals surface area contributed by atoms with Crippen LogP contribution in [0, 0.1) is 5.92 Å². The number of carbonyl (C=O) groups excluding carboxylic acids is 2.